The lowest BCUT2D eigenvalue weighted by Crippen LogP contribution is -2.36. The van der Waals surface area contributed by atoms with Crippen molar-refractivity contribution in [2.75, 3.05) is 5.32 Å². The summed E-state index contributed by atoms with van der Waals surface area (Å²) in [5, 5.41) is 2.99. The van der Waals surface area contributed by atoms with Gasteiger partial charge in [-0.05, 0) is 48.8 Å². The molecule has 0 amide bonds. The van der Waals surface area contributed by atoms with Gasteiger partial charge in [-0.3, -0.25) is 0 Å². The van der Waals surface area contributed by atoms with Gasteiger partial charge in [-0.1, -0.05) is 32.4 Å². The van der Waals surface area contributed by atoms with Crippen molar-refractivity contribution >= 4 is 17.3 Å². The number of nitrogens with one attached hydrogen (secondary N) is 1. The number of anilines is 1. The van der Waals surface area contributed by atoms with Gasteiger partial charge in [0.15, 0.2) is 0 Å². The number of alkyl halides is 3. The van der Waals surface area contributed by atoms with Gasteiger partial charge in [-0.15, -0.1) is 0 Å². The largest absolute Gasteiger partial charge is 0.417 e. The van der Waals surface area contributed by atoms with E-state index in [4.69, 9.17) is 11.6 Å². The third-order valence-electron chi connectivity index (χ3n) is 4.32. The molecule has 1 aromatic carbocycles. The van der Waals surface area contributed by atoms with Gasteiger partial charge in [-0.25, -0.2) is 0 Å². The van der Waals surface area contributed by atoms with E-state index in [-0.39, 0.29) is 11.1 Å². The summed E-state index contributed by atoms with van der Waals surface area (Å²) in [4.78, 5) is 0. The normalized spacial score (nSPS) is 25.7. The molecule has 1 saturated carbocycles. The van der Waals surface area contributed by atoms with Gasteiger partial charge in [0.05, 0.1) is 10.6 Å². The van der Waals surface area contributed by atoms with Crippen LogP contribution in [0.2, 0.25) is 5.02 Å². The minimum Gasteiger partial charge on any atom is -0.382 e. The molecule has 0 heterocycles. The molecular weight excluding hydrogens is 299 g/mol. The molecule has 0 aromatic heterocycles. The fourth-order valence-electron chi connectivity index (χ4n) is 3.21. The van der Waals surface area contributed by atoms with Crippen molar-refractivity contribution in [3.8, 4) is 0 Å². The maximum absolute atomic E-state index is 12.9. The van der Waals surface area contributed by atoms with Crippen LogP contribution in [0.4, 0.5) is 18.9 Å². The van der Waals surface area contributed by atoms with Crippen LogP contribution in [0.15, 0.2) is 18.2 Å². The number of rotatable bonds is 2. The highest BCUT2D eigenvalue weighted by Crippen LogP contribution is 2.40. The van der Waals surface area contributed by atoms with Crippen LogP contribution in [0, 0.1) is 11.3 Å². The van der Waals surface area contributed by atoms with Crippen LogP contribution < -0.4 is 5.32 Å². The Bertz CT molecular complexity index is 511. The van der Waals surface area contributed by atoms with E-state index in [2.05, 4.69) is 26.1 Å². The molecule has 1 aliphatic carbocycles. The minimum absolute atomic E-state index is 0.209. The summed E-state index contributed by atoms with van der Waals surface area (Å²) in [6.07, 6.45) is -1.30. The molecule has 0 bridgehead atoms. The third kappa shape index (κ3) is 4.06. The Balaban J connectivity index is 2.14. The predicted molar refractivity (Wildman–Crippen MR) is 80.7 cm³/mol. The summed E-state index contributed by atoms with van der Waals surface area (Å²) in [7, 11) is 0. The molecule has 1 aliphatic rings. The van der Waals surface area contributed by atoms with Crippen molar-refractivity contribution in [3.63, 3.8) is 0 Å². The average molecular weight is 320 g/mol. The molecule has 118 valence electrons. The molecule has 21 heavy (non-hydrogen) atoms. The van der Waals surface area contributed by atoms with Crippen LogP contribution in [-0.4, -0.2) is 6.04 Å². The Kier molecular flexibility index (Phi) is 4.48. The van der Waals surface area contributed by atoms with Gasteiger partial charge < -0.3 is 5.32 Å². The van der Waals surface area contributed by atoms with Gasteiger partial charge >= 0.3 is 6.18 Å². The summed E-state index contributed by atoms with van der Waals surface area (Å²) >= 11 is 5.64. The molecule has 1 nitrogen and oxygen atoms in total. The fourth-order valence-corrected chi connectivity index (χ4v) is 3.43. The standard InChI is InChI=1S/C16H21ClF3N/c1-10-9-15(2,3)7-6-14(10)21-11-4-5-13(17)12(8-11)16(18,19)20/h4-5,8,10,14,21H,6-7,9H2,1-3H3. The van der Waals surface area contributed by atoms with Gasteiger partial charge in [0, 0.05) is 11.7 Å². The number of halogens is 4. The molecule has 0 spiro atoms. The van der Waals surface area contributed by atoms with Crippen molar-refractivity contribution in [3.05, 3.63) is 28.8 Å². The smallest absolute Gasteiger partial charge is 0.382 e. The topological polar surface area (TPSA) is 12.0 Å². The van der Waals surface area contributed by atoms with Crippen molar-refractivity contribution in [2.24, 2.45) is 11.3 Å². The van der Waals surface area contributed by atoms with E-state index in [1.165, 1.54) is 6.07 Å². The van der Waals surface area contributed by atoms with Crippen LogP contribution in [0.3, 0.4) is 0 Å². The zero-order chi connectivity index (χ0) is 15.8. The van der Waals surface area contributed by atoms with E-state index < -0.39 is 11.7 Å². The van der Waals surface area contributed by atoms with E-state index >= 15 is 0 Å². The average Bonchev–Trinajstić information content (AvgIpc) is 2.33. The third-order valence-corrected chi connectivity index (χ3v) is 4.65. The molecular formula is C16H21ClF3N. The van der Waals surface area contributed by atoms with Crippen molar-refractivity contribution in [1.29, 1.82) is 0 Å². The SMILES string of the molecule is CC1CC(C)(C)CCC1Nc1ccc(Cl)c(C(F)(F)F)c1. The summed E-state index contributed by atoms with van der Waals surface area (Å²) in [5.41, 5.74) is 0.0237. The molecule has 2 atom stereocenters. The van der Waals surface area contributed by atoms with Crippen LogP contribution in [0.1, 0.15) is 45.6 Å². The first kappa shape index (κ1) is 16.5. The molecule has 2 unspecified atom stereocenters. The molecule has 1 N–H and O–H groups in total. The Morgan fingerprint density at radius 1 is 1.29 bits per heavy atom. The first-order chi connectivity index (χ1) is 9.58. The van der Waals surface area contributed by atoms with E-state index in [1.807, 2.05) is 0 Å². The zero-order valence-electron chi connectivity index (χ0n) is 12.5. The van der Waals surface area contributed by atoms with E-state index in [0.717, 1.165) is 25.3 Å². The number of hydrogen-bond acceptors (Lipinski definition) is 1. The molecule has 0 radical (unpaired) electrons. The van der Waals surface area contributed by atoms with Crippen molar-refractivity contribution in [1.82, 2.24) is 0 Å². The lowest BCUT2D eigenvalue weighted by Gasteiger charge is -2.40. The maximum atomic E-state index is 12.9. The highest BCUT2D eigenvalue weighted by molar-refractivity contribution is 6.31. The second kappa shape index (κ2) is 5.71. The van der Waals surface area contributed by atoms with Crippen LogP contribution in [-0.2, 0) is 6.18 Å². The Hall–Kier alpha value is -0.900. The molecule has 0 aliphatic heterocycles. The monoisotopic (exact) mass is 319 g/mol. The van der Waals surface area contributed by atoms with Crippen molar-refractivity contribution < 1.29 is 13.2 Å². The first-order valence-corrected chi connectivity index (χ1v) is 7.59. The van der Waals surface area contributed by atoms with Gasteiger partial charge in [-0.2, -0.15) is 13.2 Å². The predicted octanol–water partition coefficient (Wildman–Crippen LogP) is 5.99. The molecule has 1 aromatic rings. The number of benzene rings is 1. The quantitative estimate of drug-likeness (QED) is 0.706. The molecule has 0 saturated heterocycles. The number of hydrogen-bond donors (Lipinski definition) is 1. The molecule has 1 fully saturated rings. The minimum atomic E-state index is -4.42. The van der Waals surface area contributed by atoms with E-state index in [0.29, 0.717) is 17.0 Å². The lowest BCUT2D eigenvalue weighted by atomic mass is 9.70. The van der Waals surface area contributed by atoms with E-state index in [9.17, 15) is 13.2 Å². The highest BCUT2D eigenvalue weighted by Gasteiger charge is 2.35. The second-order valence-corrected chi connectivity index (χ2v) is 7.23. The zero-order valence-corrected chi connectivity index (χ0v) is 13.3. The maximum Gasteiger partial charge on any atom is 0.417 e. The summed E-state index contributed by atoms with van der Waals surface area (Å²) in [6.45, 7) is 6.63. The van der Waals surface area contributed by atoms with Gasteiger partial charge in [0.25, 0.3) is 0 Å². The van der Waals surface area contributed by atoms with Crippen LogP contribution in [0.25, 0.3) is 0 Å². The molecule has 5 heteroatoms. The van der Waals surface area contributed by atoms with Crippen LogP contribution in [0.5, 0.6) is 0 Å². The highest BCUT2D eigenvalue weighted by atomic mass is 35.5. The lowest BCUT2D eigenvalue weighted by molar-refractivity contribution is -0.137. The Labute approximate surface area is 128 Å². The Morgan fingerprint density at radius 3 is 2.52 bits per heavy atom. The summed E-state index contributed by atoms with van der Waals surface area (Å²) in [6, 6.07) is 4.24. The van der Waals surface area contributed by atoms with Crippen LogP contribution >= 0.6 is 11.6 Å². The molecule has 2 rings (SSSR count). The van der Waals surface area contributed by atoms with E-state index in [1.54, 1.807) is 6.07 Å². The van der Waals surface area contributed by atoms with Gasteiger partial charge in [0.1, 0.15) is 0 Å². The Morgan fingerprint density at radius 2 is 1.95 bits per heavy atom. The summed E-state index contributed by atoms with van der Waals surface area (Å²) < 4.78 is 38.6. The fraction of sp³-hybridized carbons (Fsp3) is 0.625. The van der Waals surface area contributed by atoms with Gasteiger partial charge in [0.2, 0.25) is 0 Å². The first-order valence-electron chi connectivity index (χ1n) is 7.22. The summed E-state index contributed by atoms with van der Waals surface area (Å²) in [5.74, 6) is 0.429. The second-order valence-electron chi connectivity index (χ2n) is 6.83. The van der Waals surface area contributed by atoms with Crippen molar-refractivity contribution in [2.45, 2.75) is 52.3 Å².